The zero-order valence-corrected chi connectivity index (χ0v) is 13.0. The Morgan fingerprint density at radius 1 is 1.21 bits per heavy atom. The number of hydrogen-bond acceptors (Lipinski definition) is 2. The number of carbonyl (C=O) groups is 1. The predicted molar refractivity (Wildman–Crippen MR) is 80.8 cm³/mol. The van der Waals surface area contributed by atoms with E-state index >= 15 is 0 Å². The van der Waals surface area contributed by atoms with E-state index in [2.05, 4.69) is 26.1 Å². The van der Waals surface area contributed by atoms with E-state index in [1.54, 1.807) is 0 Å². The third-order valence-electron chi connectivity index (χ3n) is 4.36. The average Bonchev–Trinajstić information content (AvgIpc) is 2.38. The van der Waals surface area contributed by atoms with Crippen LogP contribution in [0.2, 0.25) is 0 Å². The summed E-state index contributed by atoms with van der Waals surface area (Å²) in [5, 5.41) is 3.19. The summed E-state index contributed by atoms with van der Waals surface area (Å²) < 4.78 is 0. The minimum Gasteiger partial charge on any atom is -0.353 e. The molecule has 112 valence electrons. The highest BCUT2D eigenvalue weighted by molar-refractivity contribution is 5.79. The molecule has 1 amide bonds. The summed E-state index contributed by atoms with van der Waals surface area (Å²) in [5.41, 5.74) is 5.80. The van der Waals surface area contributed by atoms with E-state index in [1.165, 1.54) is 25.7 Å². The minimum atomic E-state index is 0.159. The standard InChI is InChI=1S/C16H32N2O/c1-12(2)7-6-8-13(3)18-16(19)15-10-5-4-9-14(15)11-17/h12-15H,4-11,17H2,1-3H3,(H,18,19). The van der Waals surface area contributed by atoms with Crippen LogP contribution < -0.4 is 11.1 Å². The third kappa shape index (κ3) is 5.94. The number of carbonyl (C=O) groups excluding carboxylic acids is 1. The van der Waals surface area contributed by atoms with Crippen molar-refractivity contribution in [2.75, 3.05) is 6.54 Å². The van der Waals surface area contributed by atoms with Gasteiger partial charge in [0.2, 0.25) is 5.91 Å². The zero-order chi connectivity index (χ0) is 14.3. The number of nitrogens with one attached hydrogen (secondary N) is 1. The lowest BCUT2D eigenvalue weighted by molar-refractivity contribution is -0.128. The second-order valence-corrected chi connectivity index (χ2v) is 6.62. The van der Waals surface area contributed by atoms with Gasteiger partial charge >= 0.3 is 0 Å². The highest BCUT2D eigenvalue weighted by atomic mass is 16.1. The Morgan fingerprint density at radius 3 is 2.53 bits per heavy atom. The minimum absolute atomic E-state index is 0.159. The monoisotopic (exact) mass is 268 g/mol. The van der Waals surface area contributed by atoms with Gasteiger partial charge in [0.05, 0.1) is 0 Å². The lowest BCUT2D eigenvalue weighted by atomic mass is 9.78. The van der Waals surface area contributed by atoms with Gasteiger partial charge in [0.25, 0.3) is 0 Å². The van der Waals surface area contributed by atoms with Gasteiger partial charge in [0.1, 0.15) is 0 Å². The first-order valence-corrected chi connectivity index (χ1v) is 8.05. The van der Waals surface area contributed by atoms with E-state index in [0.29, 0.717) is 18.5 Å². The Hall–Kier alpha value is -0.570. The fourth-order valence-electron chi connectivity index (χ4n) is 3.09. The van der Waals surface area contributed by atoms with Crippen molar-refractivity contribution in [2.24, 2.45) is 23.5 Å². The van der Waals surface area contributed by atoms with Crippen LogP contribution in [0.1, 0.15) is 65.7 Å². The molecule has 0 heterocycles. The van der Waals surface area contributed by atoms with Crippen molar-refractivity contribution in [1.82, 2.24) is 5.32 Å². The molecule has 0 aliphatic heterocycles. The van der Waals surface area contributed by atoms with Crippen LogP contribution in [0.5, 0.6) is 0 Å². The molecule has 0 aromatic carbocycles. The van der Waals surface area contributed by atoms with E-state index in [1.807, 2.05) is 0 Å². The van der Waals surface area contributed by atoms with E-state index in [4.69, 9.17) is 5.73 Å². The van der Waals surface area contributed by atoms with Crippen LogP contribution in [0.25, 0.3) is 0 Å². The normalized spacial score (nSPS) is 25.3. The molecule has 1 saturated carbocycles. The first kappa shape index (κ1) is 16.5. The number of amides is 1. The molecule has 1 fully saturated rings. The van der Waals surface area contributed by atoms with Gasteiger partial charge < -0.3 is 11.1 Å². The van der Waals surface area contributed by atoms with Gasteiger partial charge in [-0.3, -0.25) is 4.79 Å². The number of hydrogen-bond donors (Lipinski definition) is 2. The number of nitrogens with two attached hydrogens (primary N) is 1. The van der Waals surface area contributed by atoms with Gasteiger partial charge in [-0.1, -0.05) is 39.5 Å². The van der Waals surface area contributed by atoms with Gasteiger partial charge in [0.15, 0.2) is 0 Å². The molecule has 0 saturated heterocycles. The maximum atomic E-state index is 12.3. The molecule has 3 atom stereocenters. The van der Waals surface area contributed by atoms with Crippen LogP contribution in [0.3, 0.4) is 0 Å². The summed E-state index contributed by atoms with van der Waals surface area (Å²) in [4.78, 5) is 12.3. The lowest BCUT2D eigenvalue weighted by Gasteiger charge is -2.30. The lowest BCUT2D eigenvalue weighted by Crippen LogP contribution is -2.42. The molecular formula is C16H32N2O. The van der Waals surface area contributed by atoms with Gasteiger partial charge in [0, 0.05) is 12.0 Å². The SMILES string of the molecule is CC(C)CCCC(C)NC(=O)C1CCCCC1CN. The maximum absolute atomic E-state index is 12.3. The van der Waals surface area contributed by atoms with Gasteiger partial charge in [-0.05, 0) is 44.6 Å². The average molecular weight is 268 g/mol. The van der Waals surface area contributed by atoms with Crippen LogP contribution in [0.15, 0.2) is 0 Å². The molecule has 1 aliphatic carbocycles. The van der Waals surface area contributed by atoms with Gasteiger partial charge in [-0.15, -0.1) is 0 Å². The van der Waals surface area contributed by atoms with Crippen molar-refractivity contribution in [3.05, 3.63) is 0 Å². The Kier molecular flexibility index (Phi) is 7.44. The molecule has 3 N–H and O–H groups in total. The first-order valence-electron chi connectivity index (χ1n) is 8.05. The quantitative estimate of drug-likeness (QED) is 0.745. The summed E-state index contributed by atoms with van der Waals surface area (Å²) in [6.45, 7) is 7.27. The molecule has 0 bridgehead atoms. The van der Waals surface area contributed by atoms with Crippen LogP contribution in [-0.4, -0.2) is 18.5 Å². The predicted octanol–water partition coefficient (Wildman–Crippen LogP) is 3.08. The largest absolute Gasteiger partial charge is 0.353 e. The fourth-order valence-corrected chi connectivity index (χ4v) is 3.09. The topological polar surface area (TPSA) is 55.1 Å². The summed E-state index contributed by atoms with van der Waals surface area (Å²) in [6, 6.07) is 0.298. The van der Waals surface area contributed by atoms with E-state index in [9.17, 15) is 4.79 Å². The smallest absolute Gasteiger partial charge is 0.223 e. The second-order valence-electron chi connectivity index (χ2n) is 6.62. The Labute approximate surface area is 118 Å². The van der Waals surface area contributed by atoms with Gasteiger partial charge in [-0.25, -0.2) is 0 Å². The molecule has 0 spiro atoms. The van der Waals surface area contributed by atoms with Crippen molar-refractivity contribution in [1.29, 1.82) is 0 Å². The molecule has 0 aromatic heterocycles. The van der Waals surface area contributed by atoms with E-state index in [-0.39, 0.29) is 11.8 Å². The summed E-state index contributed by atoms with van der Waals surface area (Å²) in [7, 11) is 0. The van der Waals surface area contributed by atoms with Crippen molar-refractivity contribution in [3.8, 4) is 0 Å². The highest BCUT2D eigenvalue weighted by Crippen LogP contribution is 2.29. The van der Waals surface area contributed by atoms with Crippen LogP contribution in [0, 0.1) is 17.8 Å². The first-order chi connectivity index (χ1) is 9.04. The van der Waals surface area contributed by atoms with Crippen molar-refractivity contribution >= 4 is 5.91 Å². The van der Waals surface area contributed by atoms with Crippen molar-refractivity contribution < 1.29 is 4.79 Å². The van der Waals surface area contributed by atoms with E-state index in [0.717, 1.165) is 25.2 Å². The molecule has 1 aliphatic rings. The summed E-state index contributed by atoms with van der Waals surface area (Å²) >= 11 is 0. The van der Waals surface area contributed by atoms with Crippen molar-refractivity contribution in [2.45, 2.75) is 71.8 Å². The molecule has 19 heavy (non-hydrogen) atoms. The van der Waals surface area contributed by atoms with E-state index < -0.39 is 0 Å². The zero-order valence-electron chi connectivity index (χ0n) is 13.0. The molecule has 3 heteroatoms. The van der Waals surface area contributed by atoms with Gasteiger partial charge in [-0.2, -0.15) is 0 Å². The molecule has 1 rings (SSSR count). The Balaban J connectivity index is 2.31. The molecule has 3 nitrogen and oxygen atoms in total. The summed E-state index contributed by atoms with van der Waals surface area (Å²) in [5.74, 6) is 1.55. The van der Waals surface area contributed by atoms with Crippen molar-refractivity contribution in [3.63, 3.8) is 0 Å². The van der Waals surface area contributed by atoms with Crippen LogP contribution in [-0.2, 0) is 4.79 Å². The molecule has 3 unspecified atom stereocenters. The Bertz CT molecular complexity index is 265. The second kappa shape index (κ2) is 8.57. The Morgan fingerprint density at radius 2 is 1.89 bits per heavy atom. The number of rotatable bonds is 7. The molecular weight excluding hydrogens is 236 g/mol. The highest BCUT2D eigenvalue weighted by Gasteiger charge is 2.30. The van der Waals surface area contributed by atoms with Crippen LogP contribution >= 0.6 is 0 Å². The van der Waals surface area contributed by atoms with Crippen LogP contribution in [0.4, 0.5) is 0 Å². The maximum Gasteiger partial charge on any atom is 0.223 e. The molecule has 0 radical (unpaired) electrons. The fraction of sp³-hybridized carbons (Fsp3) is 0.938. The molecule has 0 aromatic rings. The summed E-state index contributed by atoms with van der Waals surface area (Å²) in [6.07, 6.45) is 8.08. The third-order valence-corrected chi connectivity index (χ3v) is 4.36.